The number of carbonyl (C=O) groups is 3. The third kappa shape index (κ3) is 5.14. The Morgan fingerprint density at radius 3 is 2.40 bits per heavy atom. The van der Waals surface area contributed by atoms with Crippen LogP contribution >= 0.6 is 0 Å². The normalized spacial score (nSPS) is 19.3. The summed E-state index contributed by atoms with van der Waals surface area (Å²) in [6.45, 7) is 0.629. The number of aromatic hydroxyl groups is 1. The van der Waals surface area contributed by atoms with E-state index in [9.17, 15) is 19.5 Å². The number of piperazine rings is 1. The summed E-state index contributed by atoms with van der Waals surface area (Å²) < 4.78 is 1.96. The van der Waals surface area contributed by atoms with Gasteiger partial charge in [0.25, 0.3) is 0 Å². The van der Waals surface area contributed by atoms with E-state index >= 15 is 0 Å². The molecule has 11 heteroatoms. The number of imidazole rings is 1. The molecule has 0 spiro atoms. The van der Waals surface area contributed by atoms with Crippen molar-refractivity contribution in [1.82, 2.24) is 34.7 Å². The van der Waals surface area contributed by atoms with Gasteiger partial charge in [0.05, 0.1) is 30.7 Å². The standard InChI is InChI=1S/C31H33N7O4/c1-34-20-29(40)37-26(16-21-12-14-23(39)15-13-21)30(41)36(18-27-33-24-10-6-7-11-25(24)35(27)2)19-28(37)38(34)31(42)32-17-22-8-4-3-5-9-22/h3-15,26,28,39H,16-20H2,1-2H3,(H,32,42)/t26-,28-/m0/s1. The molecule has 3 aromatic carbocycles. The molecule has 2 N–H and O–H groups in total. The van der Waals surface area contributed by atoms with Gasteiger partial charge in [-0.15, -0.1) is 0 Å². The van der Waals surface area contributed by atoms with Crippen LogP contribution in [-0.4, -0.2) is 84.7 Å². The van der Waals surface area contributed by atoms with Crippen LogP contribution in [0.15, 0.2) is 78.9 Å². The van der Waals surface area contributed by atoms with E-state index in [1.54, 1.807) is 51.1 Å². The fourth-order valence-corrected chi connectivity index (χ4v) is 5.86. The van der Waals surface area contributed by atoms with E-state index in [0.717, 1.165) is 22.2 Å². The minimum atomic E-state index is -0.839. The summed E-state index contributed by atoms with van der Waals surface area (Å²) in [5, 5.41) is 15.9. The van der Waals surface area contributed by atoms with Gasteiger partial charge in [0, 0.05) is 27.1 Å². The molecule has 2 fully saturated rings. The van der Waals surface area contributed by atoms with Crippen molar-refractivity contribution in [2.75, 3.05) is 20.1 Å². The third-order valence-electron chi connectivity index (χ3n) is 8.01. The van der Waals surface area contributed by atoms with Crippen molar-refractivity contribution >= 4 is 28.9 Å². The van der Waals surface area contributed by atoms with Crippen LogP contribution in [0.25, 0.3) is 11.0 Å². The van der Waals surface area contributed by atoms with E-state index in [4.69, 9.17) is 4.98 Å². The molecule has 1 aromatic heterocycles. The molecule has 2 saturated heterocycles. The second kappa shape index (κ2) is 11.2. The predicted molar refractivity (Wildman–Crippen MR) is 156 cm³/mol. The lowest BCUT2D eigenvalue weighted by atomic mass is 9.98. The Bertz CT molecular complexity index is 1620. The first kappa shape index (κ1) is 27.3. The zero-order chi connectivity index (χ0) is 29.4. The van der Waals surface area contributed by atoms with E-state index in [1.807, 2.05) is 66.2 Å². The predicted octanol–water partition coefficient (Wildman–Crippen LogP) is 2.46. The number of para-hydroxylation sites is 2. The lowest BCUT2D eigenvalue weighted by molar-refractivity contribution is -0.187. The minimum absolute atomic E-state index is 0.0423. The molecule has 2 aliphatic heterocycles. The summed E-state index contributed by atoms with van der Waals surface area (Å²) in [6.07, 6.45) is -0.481. The molecule has 0 unspecified atom stereocenters. The number of carbonyl (C=O) groups excluding carboxylic acids is 3. The summed E-state index contributed by atoms with van der Waals surface area (Å²) in [7, 11) is 3.62. The van der Waals surface area contributed by atoms with Gasteiger partial charge in [-0.05, 0) is 35.4 Å². The number of hydrazine groups is 1. The largest absolute Gasteiger partial charge is 0.508 e. The number of aromatic nitrogens is 2. The van der Waals surface area contributed by atoms with Crippen LogP contribution < -0.4 is 5.32 Å². The highest BCUT2D eigenvalue weighted by molar-refractivity contribution is 5.91. The molecular weight excluding hydrogens is 534 g/mol. The van der Waals surface area contributed by atoms with Gasteiger partial charge in [0.1, 0.15) is 23.8 Å². The number of nitrogens with zero attached hydrogens (tertiary/aromatic N) is 6. The van der Waals surface area contributed by atoms with Gasteiger partial charge < -0.3 is 24.8 Å². The summed E-state index contributed by atoms with van der Waals surface area (Å²) in [4.78, 5) is 49.3. The Labute approximate surface area is 243 Å². The average molecular weight is 568 g/mol. The monoisotopic (exact) mass is 567 g/mol. The van der Waals surface area contributed by atoms with E-state index in [1.165, 1.54) is 0 Å². The highest BCUT2D eigenvalue weighted by Gasteiger charge is 2.50. The van der Waals surface area contributed by atoms with Gasteiger partial charge in [-0.1, -0.05) is 54.6 Å². The number of urea groups is 1. The van der Waals surface area contributed by atoms with Crippen LogP contribution in [0.4, 0.5) is 4.79 Å². The first-order valence-corrected chi connectivity index (χ1v) is 13.9. The number of phenolic OH excluding ortho intramolecular Hbond substituents is 1. The first-order valence-electron chi connectivity index (χ1n) is 13.9. The summed E-state index contributed by atoms with van der Waals surface area (Å²) in [5.41, 5.74) is 3.53. The summed E-state index contributed by atoms with van der Waals surface area (Å²) >= 11 is 0. The quantitative estimate of drug-likeness (QED) is 0.370. The van der Waals surface area contributed by atoms with Crippen molar-refractivity contribution in [2.24, 2.45) is 7.05 Å². The fourth-order valence-electron chi connectivity index (χ4n) is 5.86. The molecule has 0 aliphatic carbocycles. The van der Waals surface area contributed by atoms with E-state index in [0.29, 0.717) is 12.4 Å². The third-order valence-corrected chi connectivity index (χ3v) is 8.01. The molecule has 2 aliphatic rings. The van der Waals surface area contributed by atoms with Gasteiger partial charge >= 0.3 is 6.03 Å². The molecule has 4 amide bonds. The van der Waals surface area contributed by atoms with Gasteiger partial charge in [0.2, 0.25) is 11.8 Å². The Morgan fingerprint density at radius 2 is 1.67 bits per heavy atom. The van der Waals surface area contributed by atoms with E-state index < -0.39 is 12.2 Å². The fraction of sp³-hybridized carbons (Fsp3) is 0.290. The summed E-state index contributed by atoms with van der Waals surface area (Å²) in [5.74, 6) is 0.381. The maximum atomic E-state index is 14.1. The van der Waals surface area contributed by atoms with Crippen molar-refractivity contribution < 1.29 is 19.5 Å². The molecule has 42 heavy (non-hydrogen) atoms. The Balaban J connectivity index is 1.33. The van der Waals surface area contributed by atoms with E-state index in [2.05, 4.69) is 5.32 Å². The second-order valence-electron chi connectivity index (χ2n) is 10.8. The Kier molecular flexibility index (Phi) is 7.26. The first-order chi connectivity index (χ1) is 20.3. The second-order valence-corrected chi connectivity index (χ2v) is 10.8. The van der Waals surface area contributed by atoms with Crippen molar-refractivity contribution in [3.8, 4) is 5.75 Å². The number of fused-ring (bicyclic) bond motifs is 2. The Hall–Kier alpha value is -4.90. The van der Waals surface area contributed by atoms with Gasteiger partial charge in [-0.3, -0.25) is 9.59 Å². The lowest BCUT2D eigenvalue weighted by Gasteiger charge is -2.54. The number of benzene rings is 3. The average Bonchev–Trinajstić information content (AvgIpc) is 3.30. The topological polar surface area (TPSA) is 114 Å². The smallest absolute Gasteiger partial charge is 0.334 e. The van der Waals surface area contributed by atoms with Crippen molar-refractivity contribution in [3.63, 3.8) is 0 Å². The molecular formula is C31H33N7O4. The van der Waals surface area contributed by atoms with Crippen LogP contribution in [0.2, 0.25) is 0 Å². The van der Waals surface area contributed by atoms with Crippen molar-refractivity contribution in [1.29, 1.82) is 0 Å². The number of hydrogen-bond acceptors (Lipinski definition) is 6. The summed E-state index contributed by atoms with van der Waals surface area (Å²) in [6, 6.07) is 22.8. The highest BCUT2D eigenvalue weighted by Crippen LogP contribution is 2.29. The van der Waals surface area contributed by atoms with Crippen LogP contribution in [0.1, 0.15) is 17.0 Å². The SMILES string of the molecule is CN1CC(=O)N2[C@@H](Cc3ccc(O)cc3)C(=O)N(Cc3nc4ccccc4n3C)C[C@@H]2N1C(=O)NCc1ccccc1. The number of aryl methyl sites for hydroxylation is 1. The highest BCUT2D eigenvalue weighted by atomic mass is 16.3. The van der Waals surface area contributed by atoms with Crippen LogP contribution in [0.5, 0.6) is 5.75 Å². The van der Waals surface area contributed by atoms with Crippen LogP contribution in [0.3, 0.4) is 0 Å². The Morgan fingerprint density at radius 1 is 0.952 bits per heavy atom. The number of rotatable bonds is 6. The van der Waals surface area contributed by atoms with Gasteiger partial charge in [0.15, 0.2) is 0 Å². The van der Waals surface area contributed by atoms with Gasteiger partial charge in [-0.2, -0.15) is 0 Å². The van der Waals surface area contributed by atoms with Crippen molar-refractivity contribution in [2.45, 2.75) is 31.7 Å². The molecule has 216 valence electrons. The zero-order valence-corrected chi connectivity index (χ0v) is 23.6. The number of hydrogen-bond donors (Lipinski definition) is 2. The molecule has 4 aromatic rings. The van der Waals surface area contributed by atoms with Gasteiger partial charge in [-0.25, -0.2) is 19.8 Å². The molecule has 6 rings (SSSR count). The number of likely N-dealkylation sites (N-methyl/N-ethyl adjacent to an activating group) is 1. The molecule has 2 atom stereocenters. The molecule has 0 saturated carbocycles. The zero-order valence-electron chi connectivity index (χ0n) is 23.6. The lowest BCUT2D eigenvalue weighted by Crippen LogP contribution is -2.76. The molecule has 11 nitrogen and oxygen atoms in total. The molecule has 0 bridgehead atoms. The van der Waals surface area contributed by atoms with Crippen LogP contribution in [0, 0.1) is 0 Å². The maximum absolute atomic E-state index is 14.1. The maximum Gasteiger partial charge on any atom is 0.334 e. The molecule has 0 radical (unpaired) electrons. The van der Waals surface area contributed by atoms with Crippen LogP contribution in [-0.2, 0) is 36.1 Å². The minimum Gasteiger partial charge on any atom is -0.508 e. The molecule has 3 heterocycles. The van der Waals surface area contributed by atoms with Crippen molar-refractivity contribution in [3.05, 3.63) is 95.8 Å². The number of nitrogens with one attached hydrogen (secondary N) is 1. The number of amides is 4. The van der Waals surface area contributed by atoms with E-state index in [-0.39, 0.29) is 49.7 Å². The number of phenols is 1.